The molecule has 2 aliphatic rings. The number of hydrogen-bond donors (Lipinski definition) is 2. The van der Waals surface area contributed by atoms with Crippen molar-refractivity contribution < 1.29 is 27.5 Å². The third-order valence-electron chi connectivity index (χ3n) is 5.61. The normalized spacial score (nSPS) is 18.2. The van der Waals surface area contributed by atoms with E-state index in [1.807, 2.05) is 13.0 Å². The number of urea groups is 1. The zero-order valence-electron chi connectivity index (χ0n) is 18.5. The molecule has 33 heavy (non-hydrogen) atoms. The molecule has 0 spiro atoms. The number of carbonyl (C=O) groups is 2. The van der Waals surface area contributed by atoms with Crippen LogP contribution in [-0.4, -0.2) is 29.0 Å². The number of halogens is 3. The molecule has 0 unspecified atom stereocenters. The van der Waals surface area contributed by atoms with E-state index >= 15 is 0 Å². The van der Waals surface area contributed by atoms with E-state index in [4.69, 9.17) is 4.74 Å². The average molecular weight is 459 g/mol. The maximum atomic E-state index is 13.1. The molecule has 6 nitrogen and oxygen atoms in total. The van der Waals surface area contributed by atoms with E-state index in [0.29, 0.717) is 42.0 Å². The Morgan fingerprint density at radius 2 is 2.00 bits per heavy atom. The van der Waals surface area contributed by atoms with Crippen LogP contribution in [-0.2, 0) is 17.5 Å². The standard InChI is InChI=1S/C24H24F3N3O3/c1-4-30-13-14-5-7-17(11-19(14)29-22(30)32)28-21(31)9-15-12-23(2,3)33-20-10-16(24(25,26)27)6-8-18(15)20/h5-11H,4,12-13H2,1-3H3,(H,28,31)(H,29,32). The van der Waals surface area contributed by atoms with Crippen LogP contribution in [0.3, 0.4) is 0 Å². The van der Waals surface area contributed by atoms with Gasteiger partial charge in [0.2, 0.25) is 5.91 Å². The smallest absolute Gasteiger partial charge is 0.416 e. The molecule has 2 N–H and O–H groups in total. The number of rotatable bonds is 3. The van der Waals surface area contributed by atoms with Gasteiger partial charge in [-0.25, -0.2) is 4.79 Å². The molecule has 0 bridgehead atoms. The lowest BCUT2D eigenvalue weighted by Crippen LogP contribution is -2.38. The summed E-state index contributed by atoms with van der Waals surface area (Å²) in [6, 6.07) is 8.36. The molecule has 3 amide bonds. The minimum absolute atomic E-state index is 0.0945. The molecule has 0 atom stereocenters. The Balaban J connectivity index is 1.58. The van der Waals surface area contributed by atoms with Gasteiger partial charge in [-0.2, -0.15) is 13.2 Å². The Labute approximate surface area is 189 Å². The summed E-state index contributed by atoms with van der Waals surface area (Å²) in [7, 11) is 0. The molecule has 0 fully saturated rings. The summed E-state index contributed by atoms with van der Waals surface area (Å²) in [6.07, 6.45) is -2.75. The van der Waals surface area contributed by atoms with Crippen LogP contribution in [0.25, 0.3) is 5.57 Å². The van der Waals surface area contributed by atoms with Crippen LogP contribution in [0.15, 0.2) is 42.5 Å². The van der Waals surface area contributed by atoms with Crippen LogP contribution in [0.1, 0.15) is 43.9 Å². The second-order valence-corrected chi connectivity index (χ2v) is 8.72. The molecule has 0 saturated heterocycles. The molecule has 4 rings (SSSR count). The number of anilines is 2. The van der Waals surface area contributed by atoms with Gasteiger partial charge in [-0.1, -0.05) is 12.1 Å². The summed E-state index contributed by atoms with van der Waals surface area (Å²) >= 11 is 0. The quantitative estimate of drug-likeness (QED) is 0.583. The average Bonchev–Trinajstić information content (AvgIpc) is 2.71. The lowest BCUT2D eigenvalue weighted by molar-refractivity contribution is -0.137. The van der Waals surface area contributed by atoms with E-state index in [0.717, 1.165) is 17.7 Å². The van der Waals surface area contributed by atoms with Crippen molar-refractivity contribution in [1.82, 2.24) is 4.90 Å². The highest BCUT2D eigenvalue weighted by Gasteiger charge is 2.35. The van der Waals surface area contributed by atoms with E-state index in [9.17, 15) is 22.8 Å². The highest BCUT2D eigenvalue weighted by atomic mass is 19.4. The minimum Gasteiger partial charge on any atom is -0.487 e. The summed E-state index contributed by atoms with van der Waals surface area (Å²) in [4.78, 5) is 26.5. The number of ether oxygens (including phenoxy) is 1. The van der Waals surface area contributed by atoms with Crippen LogP contribution >= 0.6 is 0 Å². The molecule has 0 aromatic heterocycles. The van der Waals surface area contributed by atoms with Gasteiger partial charge in [0.1, 0.15) is 11.4 Å². The van der Waals surface area contributed by atoms with Crippen molar-refractivity contribution in [3.63, 3.8) is 0 Å². The SMILES string of the molecule is CCN1Cc2ccc(NC(=O)C=C3CC(C)(C)Oc4cc(C(F)(F)F)ccc43)cc2NC1=O. The van der Waals surface area contributed by atoms with Crippen LogP contribution in [0.2, 0.25) is 0 Å². The van der Waals surface area contributed by atoms with E-state index in [-0.39, 0.29) is 11.8 Å². The van der Waals surface area contributed by atoms with Gasteiger partial charge in [0, 0.05) is 42.5 Å². The summed E-state index contributed by atoms with van der Waals surface area (Å²) < 4.78 is 45.1. The van der Waals surface area contributed by atoms with Crippen LogP contribution < -0.4 is 15.4 Å². The molecule has 2 aliphatic heterocycles. The third-order valence-corrected chi connectivity index (χ3v) is 5.61. The highest BCUT2D eigenvalue weighted by Crippen LogP contribution is 2.43. The third kappa shape index (κ3) is 4.81. The van der Waals surface area contributed by atoms with Gasteiger partial charge < -0.3 is 20.3 Å². The molecule has 0 saturated carbocycles. The Morgan fingerprint density at radius 1 is 1.24 bits per heavy atom. The molecule has 2 aromatic rings. The number of benzene rings is 2. The fourth-order valence-corrected chi connectivity index (χ4v) is 4.04. The van der Waals surface area contributed by atoms with E-state index < -0.39 is 23.2 Å². The first kappa shape index (κ1) is 22.7. The van der Waals surface area contributed by atoms with Crippen molar-refractivity contribution in [3.8, 4) is 5.75 Å². The van der Waals surface area contributed by atoms with E-state index in [1.165, 1.54) is 12.1 Å². The monoisotopic (exact) mass is 459 g/mol. The molecule has 0 radical (unpaired) electrons. The highest BCUT2D eigenvalue weighted by molar-refractivity contribution is 6.05. The lowest BCUT2D eigenvalue weighted by atomic mass is 9.88. The zero-order valence-corrected chi connectivity index (χ0v) is 18.5. The number of fused-ring (bicyclic) bond motifs is 2. The second-order valence-electron chi connectivity index (χ2n) is 8.72. The molecule has 2 aromatic carbocycles. The van der Waals surface area contributed by atoms with Crippen LogP contribution in [0.5, 0.6) is 5.75 Å². The minimum atomic E-state index is -4.49. The second kappa shape index (κ2) is 8.13. The molecular weight excluding hydrogens is 435 g/mol. The Hall–Kier alpha value is -3.49. The maximum Gasteiger partial charge on any atom is 0.416 e. The first-order chi connectivity index (χ1) is 15.4. The predicted octanol–water partition coefficient (Wildman–Crippen LogP) is 5.66. The van der Waals surface area contributed by atoms with Gasteiger partial charge >= 0.3 is 12.2 Å². The predicted molar refractivity (Wildman–Crippen MR) is 119 cm³/mol. The van der Waals surface area contributed by atoms with Crippen LogP contribution in [0.4, 0.5) is 29.3 Å². The van der Waals surface area contributed by atoms with E-state index in [2.05, 4.69) is 10.6 Å². The Morgan fingerprint density at radius 3 is 2.70 bits per heavy atom. The number of hydrogen-bond acceptors (Lipinski definition) is 3. The Kier molecular flexibility index (Phi) is 5.59. The van der Waals surface area contributed by atoms with Crippen molar-refractivity contribution in [1.29, 1.82) is 0 Å². The first-order valence-electron chi connectivity index (χ1n) is 10.6. The zero-order chi connectivity index (χ0) is 24.0. The van der Waals surface area contributed by atoms with Crippen molar-refractivity contribution in [2.45, 2.75) is 45.5 Å². The van der Waals surface area contributed by atoms with Crippen LogP contribution in [0, 0.1) is 0 Å². The molecule has 2 heterocycles. The summed E-state index contributed by atoms with van der Waals surface area (Å²) in [6.45, 7) is 6.48. The maximum absolute atomic E-state index is 13.1. The number of carbonyl (C=O) groups excluding carboxylic acids is 2. The number of alkyl halides is 3. The summed E-state index contributed by atoms with van der Waals surface area (Å²) in [5.41, 5.74) is 1.53. The van der Waals surface area contributed by atoms with Gasteiger partial charge in [0.25, 0.3) is 0 Å². The molecule has 174 valence electrons. The van der Waals surface area contributed by atoms with E-state index in [1.54, 1.807) is 30.9 Å². The number of nitrogens with one attached hydrogen (secondary N) is 2. The van der Waals surface area contributed by atoms with Gasteiger partial charge in [0.05, 0.1) is 5.56 Å². The lowest BCUT2D eigenvalue weighted by Gasteiger charge is -2.34. The van der Waals surface area contributed by atoms with Crippen molar-refractivity contribution in [2.75, 3.05) is 17.2 Å². The summed E-state index contributed by atoms with van der Waals surface area (Å²) in [5.74, 6) is -0.331. The van der Waals surface area contributed by atoms with Gasteiger partial charge in [-0.3, -0.25) is 4.79 Å². The fourth-order valence-electron chi connectivity index (χ4n) is 4.04. The van der Waals surface area contributed by atoms with Gasteiger partial charge in [0.15, 0.2) is 0 Å². The fraction of sp³-hybridized carbons (Fsp3) is 0.333. The molecule has 9 heteroatoms. The molecular formula is C24H24F3N3O3. The van der Waals surface area contributed by atoms with Gasteiger partial charge in [-0.15, -0.1) is 0 Å². The number of amides is 3. The van der Waals surface area contributed by atoms with Gasteiger partial charge in [-0.05, 0) is 56.2 Å². The first-order valence-corrected chi connectivity index (χ1v) is 10.6. The number of nitrogens with zero attached hydrogens (tertiary/aromatic N) is 1. The molecule has 0 aliphatic carbocycles. The van der Waals surface area contributed by atoms with Crippen molar-refractivity contribution >= 4 is 28.9 Å². The van der Waals surface area contributed by atoms with Crippen molar-refractivity contribution in [2.24, 2.45) is 0 Å². The van der Waals surface area contributed by atoms with Crippen molar-refractivity contribution in [3.05, 3.63) is 59.2 Å². The summed E-state index contributed by atoms with van der Waals surface area (Å²) in [5, 5.41) is 5.58. The topological polar surface area (TPSA) is 70.7 Å². The largest absolute Gasteiger partial charge is 0.487 e. The Bertz CT molecular complexity index is 1160.